The second kappa shape index (κ2) is 8.84. The molecule has 0 atom stereocenters. The predicted molar refractivity (Wildman–Crippen MR) is 82.5 cm³/mol. The van der Waals surface area contributed by atoms with Crippen molar-refractivity contribution in [1.29, 1.82) is 0 Å². The molecule has 0 aliphatic heterocycles. The first-order valence-corrected chi connectivity index (χ1v) is 6.80. The van der Waals surface area contributed by atoms with Gasteiger partial charge in [0.05, 0.1) is 26.4 Å². The monoisotopic (exact) mass is 325 g/mol. The van der Waals surface area contributed by atoms with Crippen LogP contribution in [0.4, 0.5) is 0 Å². The van der Waals surface area contributed by atoms with E-state index in [2.05, 4.69) is 9.99 Å². The molecule has 0 radical (unpaired) electrons. The van der Waals surface area contributed by atoms with Crippen molar-refractivity contribution in [3.8, 4) is 0 Å². The van der Waals surface area contributed by atoms with Crippen molar-refractivity contribution < 1.29 is 23.9 Å². The molecule has 0 amide bonds. The molecule has 7 heteroatoms. The molecule has 0 N–H and O–H groups in total. The van der Waals surface area contributed by atoms with E-state index in [1.807, 2.05) is 0 Å². The number of benzene rings is 1. The lowest BCUT2D eigenvalue weighted by molar-refractivity contribution is -0.141. The second-order valence-electron chi connectivity index (χ2n) is 4.06. The van der Waals surface area contributed by atoms with Gasteiger partial charge in [0.1, 0.15) is 11.3 Å². The summed E-state index contributed by atoms with van der Waals surface area (Å²) in [6.45, 7) is 1.23. The topological polar surface area (TPSA) is 74.2 Å². The fourth-order valence-corrected chi connectivity index (χ4v) is 1.88. The maximum Gasteiger partial charge on any atom is 0.341 e. The molecule has 1 rings (SSSR count). The molecular weight excluding hydrogens is 310 g/mol. The van der Waals surface area contributed by atoms with Crippen molar-refractivity contribution >= 4 is 34.8 Å². The van der Waals surface area contributed by atoms with Gasteiger partial charge in [-0.3, -0.25) is 0 Å². The van der Waals surface area contributed by atoms with Gasteiger partial charge in [0.25, 0.3) is 0 Å². The van der Waals surface area contributed by atoms with Crippen molar-refractivity contribution in [3.05, 3.63) is 41.7 Å². The van der Waals surface area contributed by atoms with Gasteiger partial charge in [-0.1, -0.05) is 29.4 Å². The fourth-order valence-electron chi connectivity index (χ4n) is 1.68. The zero-order valence-corrected chi connectivity index (χ0v) is 13.2. The number of halogens is 1. The van der Waals surface area contributed by atoms with Crippen molar-refractivity contribution in [1.82, 2.24) is 0 Å². The lowest BCUT2D eigenvalue weighted by Gasteiger charge is -2.11. The highest BCUT2D eigenvalue weighted by Gasteiger charge is 2.19. The molecule has 1 aromatic rings. The van der Waals surface area contributed by atoms with Crippen LogP contribution < -0.4 is 0 Å². The van der Waals surface area contributed by atoms with Crippen molar-refractivity contribution in [2.24, 2.45) is 5.16 Å². The Morgan fingerprint density at radius 2 is 1.86 bits per heavy atom. The van der Waals surface area contributed by atoms with Gasteiger partial charge in [-0.15, -0.1) is 11.6 Å². The van der Waals surface area contributed by atoms with Crippen LogP contribution in [0, 0.1) is 0 Å². The molecular formula is C15H16ClNO5. The van der Waals surface area contributed by atoms with Gasteiger partial charge < -0.3 is 14.3 Å². The molecule has 0 unspecified atom stereocenters. The van der Waals surface area contributed by atoms with Crippen LogP contribution in [0.25, 0.3) is 5.57 Å². The zero-order chi connectivity index (χ0) is 16.5. The summed E-state index contributed by atoms with van der Waals surface area (Å²) in [7, 11) is 2.69. The maximum absolute atomic E-state index is 11.9. The number of ether oxygens (including phenoxy) is 2. The minimum absolute atomic E-state index is 0.00821. The molecule has 1 aromatic carbocycles. The normalized spacial score (nSPS) is 11.8. The molecule has 0 saturated carbocycles. The third kappa shape index (κ3) is 4.60. The van der Waals surface area contributed by atoms with Gasteiger partial charge in [-0.05, 0) is 0 Å². The van der Waals surface area contributed by atoms with Gasteiger partial charge in [-0.2, -0.15) is 0 Å². The van der Waals surface area contributed by atoms with Gasteiger partial charge in [0.15, 0.2) is 0 Å². The van der Waals surface area contributed by atoms with Crippen LogP contribution in [-0.4, -0.2) is 37.7 Å². The molecule has 6 nitrogen and oxygen atoms in total. The summed E-state index contributed by atoms with van der Waals surface area (Å²) in [5.41, 5.74) is 1.54. The average Bonchev–Trinajstić information content (AvgIpc) is 2.53. The number of hydrogen-bond donors (Lipinski definition) is 0. The number of alkyl halides is 1. The average molecular weight is 326 g/mol. The number of nitrogens with zero attached hydrogens (tertiary/aromatic N) is 1. The van der Waals surface area contributed by atoms with E-state index >= 15 is 0 Å². The minimum atomic E-state index is -0.573. The first-order chi connectivity index (χ1) is 10.5. The summed E-state index contributed by atoms with van der Waals surface area (Å²) in [6.07, 6.45) is 1.27. The fraction of sp³-hybridized carbons (Fsp3) is 0.267. The van der Waals surface area contributed by atoms with Gasteiger partial charge in [0.2, 0.25) is 0 Å². The zero-order valence-electron chi connectivity index (χ0n) is 12.5. The Balaban J connectivity index is 3.39. The summed E-state index contributed by atoms with van der Waals surface area (Å²) in [4.78, 5) is 27.4. The molecule has 0 aliphatic rings. The molecule has 0 aliphatic carbocycles. The quantitative estimate of drug-likeness (QED) is 0.153. The summed E-state index contributed by atoms with van der Waals surface area (Å²) >= 11 is 5.86. The molecule has 0 bridgehead atoms. The van der Waals surface area contributed by atoms with E-state index in [1.54, 1.807) is 24.3 Å². The van der Waals surface area contributed by atoms with E-state index in [0.29, 0.717) is 16.8 Å². The lowest BCUT2D eigenvalue weighted by Crippen LogP contribution is -2.12. The Labute approximate surface area is 133 Å². The van der Waals surface area contributed by atoms with Gasteiger partial charge >= 0.3 is 11.9 Å². The number of methoxy groups -OCH3 is 2. The molecule has 22 heavy (non-hydrogen) atoms. The number of rotatable bonds is 6. The van der Waals surface area contributed by atoms with E-state index in [0.717, 1.165) is 0 Å². The van der Waals surface area contributed by atoms with Crippen molar-refractivity contribution in [2.45, 2.75) is 6.92 Å². The molecule has 0 fully saturated rings. The molecule has 118 valence electrons. The van der Waals surface area contributed by atoms with Crippen LogP contribution in [0.5, 0.6) is 0 Å². The summed E-state index contributed by atoms with van der Waals surface area (Å²) in [5, 5.41) is 3.72. The van der Waals surface area contributed by atoms with Crippen LogP contribution in [0.3, 0.4) is 0 Å². The van der Waals surface area contributed by atoms with E-state index in [4.69, 9.17) is 21.1 Å². The predicted octanol–water partition coefficient (Wildman–Crippen LogP) is 2.35. The van der Waals surface area contributed by atoms with Gasteiger partial charge in [-0.25, -0.2) is 9.59 Å². The van der Waals surface area contributed by atoms with E-state index in [-0.39, 0.29) is 11.5 Å². The SMILES string of the molecule is COC=C(C(=O)OC)c1ccccc1C(CCl)=NOC(C)=O. The number of oxime groups is 1. The number of carbonyl (C=O) groups excluding carboxylic acids is 2. The third-order valence-electron chi connectivity index (χ3n) is 2.58. The van der Waals surface area contributed by atoms with E-state index in [9.17, 15) is 9.59 Å². The Morgan fingerprint density at radius 3 is 2.36 bits per heavy atom. The first kappa shape index (κ1) is 17.7. The first-order valence-electron chi connectivity index (χ1n) is 6.26. The number of carbonyl (C=O) groups is 2. The maximum atomic E-state index is 11.9. The van der Waals surface area contributed by atoms with Crippen LogP contribution in [0.15, 0.2) is 35.7 Å². The van der Waals surface area contributed by atoms with Crippen molar-refractivity contribution in [2.75, 3.05) is 20.1 Å². The minimum Gasteiger partial charge on any atom is -0.503 e. The molecule has 0 spiro atoms. The van der Waals surface area contributed by atoms with Crippen LogP contribution in [-0.2, 0) is 23.9 Å². The Bertz CT molecular complexity index is 610. The third-order valence-corrected chi connectivity index (χ3v) is 2.83. The van der Waals surface area contributed by atoms with E-state index < -0.39 is 11.9 Å². The molecule has 0 heterocycles. The summed E-state index contributed by atoms with van der Waals surface area (Å²) in [6, 6.07) is 6.87. The lowest BCUT2D eigenvalue weighted by atomic mass is 9.98. The molecule has 0 saturated heterocycles. The Morgan fingerprint density at radius 1 is 1.23 bits per heavy atom. The smallest absolute Gasteiger partial charge is 0.341 e. The highest BCUT2D eigenvalue weighted by Crippen LogP contribution is 2.22. The second-order valence-corrected chi connectivity index (χ2v) is 4.33. The van der Waals surface area contributed by atoms with Crippen LogP contribution in [0.2, 0.25) is 0 Å². The largest absolute Gasteiger partial charge is 0.503 e. The Kier molecular flexibility index (Phi) is 7.12. The van der Waals surface area contributed by atoms with Crippen LogP contribution >= 0.6 is 11.6 Å². The standard InChI is InChI=1S/C15H16ClNO5/c1-10(18)22-17-14(8-16)12-7-5-4-6-11(12)13(9-20-2)15(19)21-3/h4-7,9H,8H2,1-3H3. The highest BCUT2D eigenvalue weighted by atomic mass is 35.5. The summed E-state index contributed by atoms with van der Waals surface area (Å²) < 4.78 is 9.67. The number of hydrogen-bond acceptors (Lipinski definition) is 6. The highest BCUT2D eigenvalue weighted by molar-refractivity contribution is 6.33. The van der Waals surface area contributed by atoms with Gasteiger partial charge in [0, 0.05) is 18.1 Å². The molecule has 0 aromatic heterocycles. The Hall–Kier alpha value is -2.34. The van der Waals surface area contributed by atoms with E-state index in [1.165, 1.54) is 27.4 Å². The number of esters is 1. The van der Waals surface area contributed by atoms with Crippen molar-refractivity contribution in [3.63, 3.8) is 0 Å². The summed E-state index contributed by atoms with van der Waals surface area (Å²) in [5.74, 6) is -1.15. The van der Waals surface area contributed by atoms with Crippen LogP contribution in [0.1, 0.15) is 18.1 Å².